The number of fused-ring (bicyclic) bond motifs is 5. The molecule has 7 rings (SSSR count). The van der Waals surface area contributed by atoms with E-state index < -0.39 is 5.41 Å². The van der Waals surface area contributed by atoms with E-state index in [1.807, 2.05) is 24.3 Å². The summed E-state index contributed by atoms with van der Waals surface area (Å²) in [6.45, 7) is 11.5. The number of halogens is 1. The summed E-state index contributed by atoms with van der Waals surface area (Å²) < 4.78 is 19.7. The number of hydrogen-bond donors (Lipinski definition) is 0. The van der Waals surface area contributed by atoms with Crippen molar-refractivity contribution in [3.63, 3.8) is 0 Å². The van der Waals surface area contributed by atoms with Crippen molar-refractivity contribution in [1.29, 1.82) is 0 Å². The van der Waals surface area contributed by atoms with Gasteiger partial charge in [-0.25, -0.2) is 0 Å². The van der Waals surface area contributed by atoms with Gasteiger partial charge >= 0.3 is 0 Å². The molecule has 1 atom stereocenters. The van der Waals surface area contributed by atoms with Crippen LogP contribution < -0.4 is 17.1 Å². The predicted molar refractivity (Wildman–Crippen MR) is 135 cm³/mol. The minimum Gasteiger partial charge on any atom is -1.00 e. The first kappa shape index (κ1) is 25.1. The summed E-state index contributed by atoms with van der Waals surface area (Å²) >= 11 is 0. The summed E-state index contributed by atoms with van der Waals surface area (Å²) in [6.07, 6.45) is 4.99. The molecule has 4 aliphatic heterocycles. The fourth-order valence-electron chi connectivity index (χ4n) is 6.40. The van der Waals surface area contributed by atoms with Gasteiger partial charge in [-0.15, -0.1) is 0 Å². The number of allylic oxidation sites excluding steroid dienone is 1. The molecule has 36 heavy (non-hydrogen) atoms. The Morgan fingerprint density at radius 3 is 2.33 bits per heavy atom. The molecule has 6 heteroatoms. The van der Waals surface area contributed by atoms with Gasteiger partial charge in [-0.1, -0.05) is 53.2 Å². The number of nitrogens with zero attached hydrogens (tertiary/aromatic N) is 2. The summed E-state index contributed by atoms with van der Waals surface area (Å²) in [5.74, 6) is 3.43. The van der Waals surface area contributed by atoms with Crippen LogP contribution in [0.4, 0.5) is 0 Å². The van der Waals surface area contributed by atoms with Crippen LogP contribution in [0.2, 0.25) is 0 Å². The first-order chi connectivity index (χ1) is 17.0. The molecule has 0 saturated carbocycles. The summed E-state index contributed by atoms with van der Waals surface area (Å²) in [7, 11) is 0. The standard InChI is InChI=1S/C30H35N2O3.ClH/c1-21(2)14-17-33-28-20-32(15-12-22(28)13-16-32)19-23-18-29(31-35-23)30(3)24-8-4-6-10-26(24)34-27-11-7-5-9-25(27)30;/h4-11,14,18,22,28H,12-13,15-17,19-20H2,1-3H3;1H/q+1;/p-1/t22?,28-,32?;/m0./s1. The minimum atomic E-state index is -0.432. The Hall–Kier alpha value is -2.60. The lowest BCUT2D eigenvalue weighted by Gasteiger charge is -2.51. The zero-order valence-electron chi connectivity index (χ0n) is 21.4. The lowest BCUT2D eigenvalue weighted by molar-refractivity contribution is -0.959. The maximum absolute atomic E-state index is 6.33. The molecule has 5 heterocycles. The lowest BCUT2D eigenvalue weighted by atomic mass is 9.71. The highest BCUT2D eigenvalue weighted by Gasteiger charge is 2.48. The van der Waals surface area contributed by atoms with E-state index in [4.69, 9.17) is 14.0 Å². The zero-order valence-corrected chi connectivity index (χ0v) is 22.1. The van der Waals surface area contributed by atoms with Gasteiger partial charge in [0, 0.05) is 36.0 Å². The molecule has 0 radical (unpaired) electrons. The first-order valence-corrected chi connectivity index (χ1v) is 12.9. The highest BCUT2D eigenvalue weighted by molar-refractivity contribution is 5.61. The number of quaternary nitrogens is 1. The Bertz CT molecular complexity index is 1210. The van der Waals surface area contributed by atoms with Crippen LogP contribution in [0.15, 0.2) is 70.8 Å². The van der Waals surface area contributed by atoms with Crippen LogP contribution in [0.1, 0.15) is 56.2 Å². The highest BCUT2D eigenvalue weighted by atomic mass is 35.5. The average molecular weight is 507 g/mol. The number of piperidine rings is 3. The van der Waals surface area contributed by atoms with Crippen molar-refractivity contribution >= 4 is 0 Å². The molecule has 0 unspecified atom stereocenters. The zero-order chi connectivity index (χ0) is 24.0. The molecule has 2 aromatic carbocycles. The molecular formula is C30H35ClN2O3. The summed E-state index contributed by atoms with van der Waals surface area (Å²) in [4.78, 5) is 0. The molecule has 2 bridgehead atoms. The predicted octanol–water partition coefficient (Wildman–Crippen LogP) is 3.23. The Morgan fingerprint density at radius 1 is 1.06 bits per heavy atom. The van der Waals surface area contributed by atoms with Crippen LogP contribution in [-0.4, -0.2) is 42.0 Å². The van der Waals surface area contributed by atoms with Gasteiger partial charge < -0.3 is 30.9 Å². The average Bonchev–Trinajstić information content (AvgIpc) is 3.33. The topological polar surface area (TPSA) is 44.5 Å². The van der Waals surface area contributed by atoms with Crippen LogP contribution >= 0.6 is 0 Å². The molecule has 3 saturated heterocycles. The van der Waals surface area contributed by atoms with Crippen LogP contribution in [0.5, 0.6) is 11.5 Å². The third-order valence-corrected chi connectivity index (χ3v) is 8.48. The van der Waals surface area contributed by atoms with E-state index >= 15 is 0 Å². The fraction of sp³-hybridized carbons (Fsp3) is 0.433. The van der Waals surface area contributed by atoms with E-state index in [1.165, 1.54) is 31.5 Å². The molecular weight excluding hydrogens is 472 g/mol. The molecule has 3 aromatic rings. The number of hydrogen-bond acceptors (Lipinski definition) is 4. The molecule has 4 aliphatic rings. The van der Waals surface area contributed by atoms with Crippen molar-refractivity contribution in [3.05, 3.63) is 88.8 Å². The van der Waals surface area contributed by atoms with E-state index in [2.05, 4.69) is 62.3 Å². The smallest absolute Gasteiger partial charge is 0.191 e. The van der Waals surface area contributed by atoms with E-state index in [1.54, 1.807) is 0 Å². The van der Waals surface area contributed by atoms with Gasteiger partial charge in [0.25, 0.3) is 0 Å². The van der Waals surface area contributed by atoms with Crippen LogP contribution in [0.3, 0.4) is 0 Å². The minimum absolute atomic E-state index is 0. The molecule has 0 spiro atoms. The molecule has 0 aliphatic carbocycles. The number of aromatic nitrogens is 1. The lowest BCUT2D eigenvalue weighted by Crippen LogP contribution is -3.00. The molecule has 3 fully saturated rings. The van der Waals surface area contributed by atoms with E-state index in [9.17, 15) is 0 Å². The molecule has 190 valence electrons. The second-order valence-electron chi connectivity index (χ2n) is 11.0. The van der Waals surface area contributed by atoms with Gasteiger partial charge in [-0.3, -0.25) is 0 Å². The van der Waals surface area contributed by atoms with Crippen LogP contribution in [0, 0.1) is 5.92 Å². The van der Waals surface area contributed by atoms with Crippen molar-refractivity contribution in [2.45, 2.75) is 51.7 Å². The second kappa shape index (κ2) is 9.70. The third-order valence-electron chi connectivity index (χ3n) is 8.48. The molecule has 0 N–H and O–H groups in total. The normalized spacial score (nSPS) is 25.2. The number of para-hydroxylation sites is 2. The first-order valence-electron chi connectivity index (χ1n) is 12.9. The van der Waals surface area contributed by atoms with E-state index in [0.29, 0.717) is 12.0 Å². The van der Waals surface area contributed by atoms with Crippen molar-refractivity contribution in [1.82, 2.24) is 5.16 Å². The number of ether oxygens (including phenoxy) is 2. The van der Waals surface area contributed by atoms with E-state index in [-0.39, 0.29) is 12.4 Å². The monoisotopic (exact) mass is 506 g/mol. The molecule has 1 aromatic heterocycles. The maximum Gasteiger partial charge on any atom is 0.191 e. The third kappa shape index (κ3) is 4.27. The van der Waals surface area contributed by atoms with Gasteiger partial charge in [-0.05, 0) is 32.9 Å². The molecule has 0 amide bonds. The second-order valence-corrected chi connectivity index (χ2v) is 11.0. The van der Waals surface area contributed by atoms with Crippen molar-refractivity contribution in [2.75, 3.05) is 26.2 Å². The van der Waals surface area contributed by atoms with Gasteiger partial charge in [0.15, 0.2) is 5.76 Å². The fourth-order valence-corrected chi connectivity index (χ4v) is 6.40. The van der Waals surface area contributed by atoms with Gasteiger partial charge in [0.2, 0.25) is 0 Å². The van der Waals surface area contributed by atoms with Crippen LogP contribution in [0.25, 0.3) is 0 Å². The van der Waals surface area contributed by atoms with Crippen LogP contribution in [-0.2, 0) is 16.7 Å². The van der Waals surface area contributed by atoms with Crippen molar-refractivity contribution in [3.8, 4) is 11.5 Å². The largest absolute Gasteiger partial charge is 1.00 e. The Labute approximate surface area is 220 Å². The van der Waals surface area contributed by atoms with Crippen molar-refractivity contribution in [2.24, 2.45) is 5.92 Å². The van der Waals surface area contributed by atoms with Gasteiger partial charge in [0.05, 0.1) is 30.8 Å². The molecule has 5 nitrogen and oxygen atoms in total. The SMILES string of the molecule is CC(C)=CCO[C@H]1C[N+]2(Cc3cc(C4(C)c5ccccc5Oc5ccccc54)no3)CCC1CC2.[Cl-]. The Balaban J connectivity index is 0.00000267. The van der Waals surface area contributed by atoms with E-state index in [0.717, 1.165) is 58.3 Å². The summed E-state index contributed by atoms with van der Waals surface area (Å²) in [5, 5.41) is 4.66. The Kier molecular flexibility index (Phi) is 6.75. The number of benzene rings is 2. The quantitative estimate of drug-likeness (QED) is 0.380. The van der Waals surface area contributed by atoms with Gasteiger partial charge in [0.1, 0.15) is 30.7 Å². The maximum atomic E-state index is 6.33. The summed E-state index contributed by atoms with van der Waals surface area (Å²) in [5.41, 5.74) is 4.07. The summed E-state index contributed by atoms with van der Waals surface area (Å²) in [6, 6.07) is 18.7. The van der Waals surface area contributed by atoms with Gasteiger partial charge in [-0.2, -0.15) is 0 Å². The highest BCUT2D eigenvalue weighted by Crippen LogP contribution is 2.51. The number of rotatable bonds is 6. The van der Waals surface area contributed by atoms with Crippen molar-refractivity contribution < 1.29 is 30.9 Å². The Morgan fingerprint density at radius 2 is 1.69 bits per heavy atom.